The number of carbonyl (C=O) groups is 2. The van der Waals surface area contributed by atoms with E-state index < -0.39 is 12.1 Å². The van der Waals surface area contributed by atoms with Crippen molar-refractivity contribution in [3.05, 3.63) is 81.0 Å². The van der Waals surface area contributed by atoms with Crippen LogP contribution in [-0.2, 0) is 4.74 Å². The molecule has 0 spiro atoms. The molecule has 5 heteroatoms. The second-order valence-corrected chi connectivity index (χ2v) is 7.30. The molecule has 0 aliphatic rings. The van der Waals surface area contributed by atoms with Crippen molar-refractivity contribution in [3.8, 4) is 11.1 Å². The third kappa shape index (κ3) is 4.03. The average Bonchev–Trinajstić information content (AvgIpc) is 3.12. The minimum atomic E-state index is -0.878. The summed E-state index contributed by atoms with van der Waals surface area (Å²) >= 11 is 7.14. The largest absolute Gasteiger partial charge is 0.450 e. The number of halogens is 1. The summed E-state index contributed by atoms with van der Waals surface area (Å²) in [5.41, 5.74) is 3.36. The van der Waals surface area contributed by atoms with Crippen molar-refractivity contribution in [3.63, 3.8) is 0 Å². The van der Waals surface area contributed by atoms with Crippen LogP contribution in [0.25, 0.3) is 11.1 Å². The fourth-order valence-corrected chi connectivity index (χ4v) is 3.47. The van der Waals surface area contributed by atoms with Crippen LogP contribution in [0.5, 0.6) is 0 Å². The summed E-state index contributed by atoms with van der Waals surface area (Å²) in [6, 6.07) is 16.3. The molecule has 3 aromatic rings. The van der Waals surface area contributed by atoms with Gasteiger partial charge in [0.2, 0.25) is 5.78 Å². The molecule has 3 nitrogen and oxygen atoms in total. The molecule has 0 unspecified atom stereocenters. The highest BCUT2D eigenvalue weighted by Crippen LogP contribution is 2.29. The SMILES string of the molecule is Cc1ccc(-c2ccsc2C(=O)O[C@H](C)C(=O)c2ccc(Cl)cc2)cc1. The third-order valence-corrected chi connectivity index (χ3v) is 5.14. The van der Waals surface area contributed by atoms with E-state index in [1.54, 1.807) is 31.2 Å². The van der Waals surface area contributed by atoms with Crippen molar-refractivity contribution >= 4 is 34.7 Å². The zero-order valence-corrected chi connectivity index (χ0v) is 15.9. The van der Waals surface area contributed by atoms with Crippen LogP contribution in [0.1, 0.15) is 32.5 Å². The van der Waals surface area contributed by atoms with Crippen molar-refractivity contribution in [2.24, 2.45) is 0 Å². The minimum absolute atomic E-state index is 0.261. The molecule has 0 bridgehead atoms. The van der Waals surface area contributed by atoms with E-state index in [1.165, 1.54) is 11.3 Å². The number of hydrogen-bond acceptors (Lipinski definition) is 4. The maximum absolute atomic E-state index is 12.6. The first-order valence-electron chi connectivity index (χ1n) is 8.11. The van der Waals surface area contributed by atoms with Crippen LogP contribution < -0.4 is 0 Å². The second kappa shape index (κ2) is 7.85. The van der Waals surface area contributed by atoms with E-state index in [4.69, 9.17) is 16.3 Å². The van der Waals surface area contributed by atoms with Crippen molar-refractivity contribution in [2.75, 3.05) is 0 Å². The van der Waals surface area contributed by atoms with Gasteiger partial charge in [0.05, 0.1) is 0 Å². The molecule has 3 rings (SSSR count). The van der Waals surface area contributed by atoms with Crippen molar-refractivity contribution in [2.45, 2.75) is 20.0 Å². The smallest absolute Gasteiger partial charge is 0.349 e. The summed E-state index contributed by atoms with van der Waals surface area (Å²) in [5, 5.41) is 2.39. The summed E-state index contributed by atoms with van der Waals surface area (Å²) in [4.78, 5) is 25.5. The Hall–Kier alpha value is -2.43. The van der Waals surface area contributed by atoms with E-state index in [0.29, 0.717) is 15.5 Å². The van der Waals surface area contributed by atoms with Gasteiger partial charge in [0.15, 0.2) is 6.10 Å². The molecule has 0 aliphatic heterocycles. The topological polar surface area (TPSA) is 43.4 Å². The predicted molar refractivity (Wildman–Crippen MR) is 105 cm³/mol. The first-order valence-corrected chi connectivity index (χ1v) is 9.37. The van der Waals surface area contributed by atoms with Gasteiger partial charge in [-0.15, -0.1) is 11.3 Å². The zero-order valence-electron chi connectivity index (χ0n) is 14.4. The van der Waals surface area contributed by atoms with Crippen LogP contribution in [0.2, 0.25) is 5.02 Å². The van der Waals surface area contributed by atoms with Gasteiger partial charge in [-0.3, -0.25) is 4.79 Å². The minimum Gasteiger partial charge on any atom is -0.450 e. The molecule has 0 amide bonds. The number of carbonyl (C=O) groups excluding carboxylic acids is 2. The van der Waals surface area contributed by atoms with Gasteiger partial charge in [-0.1, -0.05) is 41.4 Å². The zero-order chi connectivity index (χ0) is 18.7. The molecule has 0 radical (unpaired) electrons. The lowest BCUT2D eigenvalue weighted by Gasteiger charge is -2.13. The van der Waals surface area contributed by atoms with Crippen LogP contribution in [0.15, 0.2) is 60.0 Å². The quantitative estimate of drug-likeness (QED) is 0.412. The van der Waals surface area contributed by atoms with Crippen LogP contribution in [0, 0.1) is 6.92 Å². The Morgan fingerprint density at radius 3 is 2.31 bits per heavy atom. The fourth-order valence-electron chi connectivity index (χ4n) is 2.54. The summed E-state index contributed by atoms with van der Waals surface area (Å²) in [6.07, 6.45) is -0.878. The van der Waals surface area contributed by atoms with Crippen LogP contribution in [0.4, 0.5) is 0 Å². The molecule has 1 aromatic heterocycles. The molecule has 0 N–H and O–H groups in total. The number of ketones is 1. The molecule has 1 heterocycles. The third-order valence-electron chi connectivity index (χ3n) is 3.99. The highest BCUT2D eigenvalue weighted by Gasteiger charge is 2.23. The Labute approximate surface area is 161 Å². The van der Waals surface area contributed by atoms with E-state index in [0.717, 1.165) is 16.7 Å². The Morgan fingerprint density at radius 1 is 1.00 bits per heavy atom. The van der Waals surface area contributed by atoms with Crippen LogP contribution >= 0.6 is 22.9 Å². The molecule has 0 aliphatic carbocycles. The number of benzene rings is 2. The number of rotatable bonds is 5. The first kappa shape index (κ1) is 18.4. The summed E-state index contributed by atoms with van der Waals surface area (Å²) < 4.78 is 5.42. The molecule has 26 heavy (non-hydrogen) atoms. The van der Waals surface area contributed by atoms with Gasteiger partial charge in [0.1, 0.15) is 4.88 Å². The molecule has 0 saturated carbocycles. The lowest BCUT2D eigenvalue weighted by atomic mass is 10.0. The summed E-state index contributed by atoms with van der Waals surface area (Å²) in [7, 11) is 0. The van der Waals surface area contributed by atoms with E-state index in [9.17, 15) is 9.59 Å². The van der Waals surface area contributed by atoms with Crippen LogP contribution in [-0.4, -0.2) is 17.9 Å². The number of esters is 1. The summed E-state index contributed by atoms with van der Waals surface area (Å²) in [5.74, 6) is -0.756. The van der Waals surface area contributed by atoms with Gasteiger partial charge >= 0.3 is 5.97 Å². The molecular formula is C21H17ClO3S. The van der Waals surface area contributed by atoms with Gasteiger partial charge in [-0.2, -0.15) is 0 Å². The Bertz CT molecular complexity index is 927. The molecular weight excluding hydrogens is 368 g/mol. The summed E-state index contributed by atoms with van der Waals surface area (Å²) in [6.45, 7) is 3.59. The number of thiophene rings is 1. The van der Waals surface area contributed by atoms with Crippen molar-refractivity contribution in [1.82, 2.24) is 0 Å². The molecule has 2 aromatic carbocycles. The van der Waals surface area contributed by atoms with Gasteiger partial charge in [-0.25, -0.2) is 4.79 Å². The Morgan fingerprint density at radius 2 is 1.65 bits per heavy atom. The second-order valence-electron chi connectivity index (χ2n) is 5.95. The number of aryl methyl sites for hydroxylation is 1. The lowest BCUT2D eigenvalue weighted by Crippen LogP contribution is -2.24. The maximum atomic E-state index is 12.6. The van der Waals surface area contributed by atoms with E-state index in [1.807, 2.05) is 42.6 Å². The Balaban J connectivity index is 1.76. The van der Waals surface area contributed by atoms with Gasteiger partial charge in [-0.05, 0) is 55.1 Å². The van der Waals surface area contributed by atoms with E-state index in [2.05, 4.69) is 0 Å². The normalized spacial score (nSPS) is 11.8. The number of Topliss-reactive ketones (excluding diaryl/α,β-unsaturated/α-hetero) is 1. The monoisotopic (exact) mass is 384 g/mol. The van der Waals surface area contributed by atoms with E-state index in [-0.39, 0.29) is 5.78 Å². The van der Waals surface area contributed by atoms with E-state index >= 15 is 0 Å². The van der Waals surface area contributed by atoms with Crippen LogP contribution in [0.3, 0.4) is 0 Å². The number of hydrogen-bond donors (Lipinski definition) is 0. The first-order chi connectivity index (χ1) is 12.5. The van der Waals surface area contributed by atoms with Gasteiger partial charge in [0, 0.05) is 16.1 Å². The molecule has 0 fully saturated rings. The average molecular weight is 385 g/mol. The Kier molecular flexibility index (Phi) is 5.55. The predicted octanol–water partition coefficient (Wildman–Crippen LogP) is 5.81. The van der Waals surface area contributed by atoms with Gasteiger partial charge in [0.25, 0.3) is 0 Å². The highest BCUT2D eigenvalue weighted by atomic mass is 35.5. The maximum Gasteiger partial charge on any atom is 0.349 e. The standard InChI is InChI=1S/C21H17ClO3S/c1-13-3-5-15(6-4-13)18-11-12-26-20(18)21(24)25-14(2)19(23)16-7-9-17(22)10-8-16/h3-12,14H,1-2H3/t14-/m1/s1. The molecule has 132 valence electrons. The fraction of sp³-hybridized carbons (Fsp3) is 0.143. The lowest BCUT2D eigenvalue weighted by molar-refractivity contribution is 0.0324. The molecule has 0 saturated heterocycles. The van der Waals surface area contributed by atoms with Crippen molar-refractivity contribution in [1.29, 1.82) is 0 Å². The number of ether oxygens (including phenoxy) is 1. The molecule has 1 atom stereocenters. The highest BCUT2D eigenvalue weighted by molar-refractivity contribution is 7.12. The van der Waals surface area contributed by atoms with Gasteiger partial charge < -0.3 is 4.74 Å². The van der Waals surface area contributed by atoms with Crippen molar-refractivity contribution < 1.29 is 14.3 Å².